The Bertz CT molecular complexity index is 1180. The maximum atomic E-state index is 13.3. The summed E-state index contributed by atoms with van der Waals surface area (Å²) >= 11 is 1.73. The lowest BCUT2D eigenvalue weighted by atomic mass is 9.64. The van der Waals surface area contributed by atoms with E-state index in [9.17, 15) is 4.79 Å². The molecule has 1 aliphatic rings. The van der Waals surface area contributed by atoms with Gasteiger partial charge in [0, 0.05) is 12.5 Å². The van der Waals surface area contributed by atoms with Crippen LogP contribution >= 0.6 is 11.3 Å². The van der Waals surface area contributed by atoms with Crippen LogP contribution < -0.4 is 10.3 Å². The fraction of sp³-hybridized carbons (Fsp3) is 0.286. The average molecular weight is 457 g/mol. The zero-order valence-electron chi connectivity index (χ0n) is 18.9. The SMILES string of the molecule is Cc1n([C@H]2CC[C@@H](C(C(N)=O)(c3ccccc3)c3ccccc3)C2)cc[n+]1Cc1ccsc1. The van der Waals surface area contributed by atoms with E-state index in [1.807, 2.05) is 36.4 Å². The summed E-state index contributed by atoms with van der Waals surface area (Å²) in [6, 6.07) is 22.8. The number of aromatic nitrogens is 2. The monoisotopic (exact) mass is 456 g/mol. The van der Waals surface area contributed by atoms with Crippen molar-refractivity contribution in [2.24, 2.45) is 11.7 Å². The Morgan fingerprint density at radius 3 is 2.30 bits per heavy atom. The second-order valence-corrected chi connectivity index (χ2v) is 9.86. The normalized spacial score (nSPS) is 18.5. The predicted octanol–water partition coefficient (Wildman–Crippen LogP) is 5.01. The summed E-state index contributed by atoms with van der Waals surface area (Å²) in [5, 5.41) is 4.33. The molecule has 168 valence electrons. The average Bonchev–Trinajstić information content (AvgIpc) is 3.59. The van der Waals surface area contributed by atoms with Gasteiger partial charge in [-0.3, -0.25) is 4.79 Å². The van der Waals surface area contributed by atoms with E-state index in [1.165, 1.54) is 11.4 Å². The van der Waals surface area contributed by atoms with Crippen molar-refractivity contribution in [3.63, 3.8) is 0 Å². The highest BCUT2D eigenvalue weighted by Crippen LogP contribution is 2.49. The maximum absolute atomic E-state index is 13.3. The lowest BCUT2D eigenvalue weighted by Gasteiger charge is -2.37. The molecule has 2 atom stereocenters. The van der Waals surface area contributed by atoms with Crippen molar-refractivity contribution < 1.29 is 9.36 Å². The number of benzene rings is 2. The van der Waals surface area contributed by atoms with Crippen LogP contribution in [-0.2, 0) is 16.8 Å². The summed E-state index contributed by atoms with van der Waals surface area (Å²) in [7, 11) is 0. The van der Waals surface area contributed by atoms with Gasteiger partial charge in [-0.1, -0.05) is 60.7 Å². The number of nitrogens with two attached hydrogens (primary N) is 1. The zero-order valence-corrected chi connectivity index (χ0v) is 19.7. The van der Waals surface area contributed by atoms with Crippen molar-refractivity contribution in [1.29, 1.82) is 0 Å². The standard InChI is InChI=1S/C28H29N3OS/c1-21-30(19-22-14-17-33-20-22)15-16-31(21)26-13-12-25(18-26)28(27(29)32,23-8-4-2-5-9-23)24-10-6-3-7-11-24/h2-11,14-17,20,25-26H,12-13,18-19H2,1H3,(H-,29,32)/p+1/t25-,26+/m1/s1. The van der Waals surface area contributed by atoms with Crippen LogP contribution in [0.25, 0.3) is 0 Å². The minimum atomic E-state index is -0.828. The molecule has 1 fully saturated rings. The van der Waals surface area contributed by atoms with Crippen LogP contribution in [0.2, 0.25) is 0 Å². The fourth-order valence-corrected chi connectivity index (χ4v) is 6.44. The van der Waals surface area contributed by atoms with Crippen molar-refractivity contribution in [2.45, 2.75) is 44.2 Å². The number of carbonyl (C=O) groups excluding carboxylic acids is 1. The molecule has 1 aliphatic carbocycles. The van der Waals surface area contributed by atoms with Gasteiger partial charge < -0.3 is 5.73 Å². The topological polar surface area (TPSA) is 51.9 Å². The summed E-state index contributed by atoms with van der Waals surface area (Å²) in [5.41, 5.74) is 8.75. The summed E-state index contributed by atoms with van der Waals surface area (Å²) in [6.07, 6.45) is 7.29. The molecule has 0 saturated heterocycles. The molecule has 0 unspecified atom stereocenters. The molecule has 0 spiro atoms. The number of primary amides is 1. The summed E-state index contributed by atoms with van der Waals surface area (Å²) in [4.78, 5) is 13.3. The molecule has 5 rings (SSSR count). The number of carbonyl (C=O) groups is 1. The lowest BCUT2D eigenvalue weighted by molar-refractivity contribution is -0.694. The summed E-state index contributed by atoms with van der Waals surface area (Å²) < 4.78 is 4.71. The molecule has 4 aromatic rings. The molecule has 33 heavy (non-hydrogen) atoms. The molecule has 2 aromatic heterocycles. The van der Waals surface area contributed by atoms with Crippen molar-refractivity contribution in [3.8, 4) is 0 Å². The molecule has 5 heteroatoms. The minimum absolute atomic E-state index is 0.136. The molecular weight excluding hydrogens is 426 g/mol. The Morgan fingerprint density at radius 1 is 1.06 bits per heavy atom. The molecular formula is C28H30N3OS+. The molecule has 0 aliphatic heterocycles. The van der Waals surface area contributed by atoms with Gasteiger partial charge in [0.1, 0.15) is 30.4 Å². The molecule has 1 saturated carbocycles. The third kappa shape index (κ3) is 3.80. The first-order valence-corrected chi connectivity index (χ1v) is 12.5. The maximum Gasteiger partial charge on any atom is 0.253 e. The van der Waals surface area contributed by atoms with Crippen LogP contribution in [0, 0.1) is 12.8 Å². The van der Waals surface area contributed by atoms with Crippen molar-refractivity contribution in [1.82, 2.24) is 4.57 Å². The van der Waals surface area contributed by atoms with Crippen LogP contribution in [0.5, 0.6) is 0 Å². The predicted molar refractivity (Wildman–Crippen MR) is 132 cm³/mol. The van der Waals surface area contributed by atoms with Crippen LogP contribution in [0.4, 0.5) is 0 Å². The minimum Gasteiger partial charge on any atom is -0.369 e. The smallest absolute Gasteiger partial charge is 0.253 e. The van der Waals surface area contributed by atoms with Crippen LogP contribution in [0.15, 0.2) is 89.9 Å². The number of hydrogen-bond acceptors (Lipinski definition) is 2. The van der Waals surface area contributed by atoms with Gasteiger partial charge in [-0.05, 0) is 53.1 Å². The molecule has 4 nitrogen and oxygen atoms in total. The quantitative estimate of drug-likeness (QED) is 0.391. The highest BCUT2D eigenvalue weighted by molar-refractivity contribution is 7.07. The van der Waals surface area contributed by atoms with E-state index < -0.39 is 5.41 Å². The number of imidazole rings is 1. The van der Waals surface area contributed by atoms with Gasteiger partial charge in [-0.25, -0.2) is 9.13 Å². The van der Waals surface area contributed by atoms with Gasteiger partial charge in [0.2, 0.25) is 5.91 Å². The molecule has 2 heterocycles. The number of hydrogen-bond donors (Lipinski definition) is 1. The molecule has 0 radical (unpaired) electrons. The van der Waals surface area contributed by atoms with Crippen molar-refractivity contribution in [3.05, 3.63) is 112 Å². The zero-order chi connectivity index (χ0) is 22.8. The Balaban J connectivity index is 1.49. The van der Waals surface area contributed by atoms with Crippen molar-refractivity contribution >= 4 is 17.2 Å². The summed E-state index contributed by atoms with van der Waals surface area (Å²) in [6.45, 7) is 3.08. The third-order valence-electron chi connectivity index (χ3n) is 7.39. The lowest BCUT2D eigenvalue weighted by Crippen LogP contribution is -2.47. The van der Waals surface area contributed by atoms with E-state index in [1.54, 1.807) is 11.3 Å². The first kappa shape index (κ1) is 21.7. The first-order valence-electron chi connectivity index (χ1n) is 11.6. The van der Waals surface area contributed by atoms with Crippen molar-refractivity contribution in [2.75, 3.05) is 0 Å². The molecule has 2 N–H and O–H groups in total. The van der Waals surface area contributed by atoms with Crippen LogP contribution in [-0.4, -0.2) is 10.5 Å². The van der Waals surface area contributed by atoms with Crippen LogP contribution in [0.3, 0.4) is 0 Å². The highest BCUT2D eigenvalue weighted by Gasteiger charge is 2.51. The third-order valence-corrected chi connectivity index (χ3v) is 8.12. The largest absolute Gasteiger partial charge is 0.369 e. The van der Waals surface area contributed by atoms with Gasteiger partial charge >= 0.3 is 0 Å². The number of rotatable bonds is 7. The molecule has 1 amide bonds. The molecule has 0 bridgehead atoms. The Labute approximate surface area is 199 Å². The van der Waals surface area contributed by atoms with E-state index in [2.05, 4.69) is 69.5 Å². The van der Waals surface area contributed by atoms with E-state index >= 15 is 0 Å². The summed E-state index contributed by atoms with van der Waals surface area (Å²) in [5.74, 6) is 1.12. The fourth-order valence-electron chi connectivity index (χ4n) is 5.78. The van der Waals surface area contributed by atoms with Gasteiger partial charge in [0.25, 0.3) is 5.82 Å². The molecule has 2 aromatic carbocycles. The first-order chi connectivity index (χ1) is 16.1. The number of amides is 1. The van der Waals surface area contributed by atoms with E-state index in [4.69, 9.17) is 5.73 Å². The van der Waals surface area contributed by atoms with E-state index in [0.717, 1.165) is 36.9 Å². The van der Waals surface area contributed by atoms with Gasteiger partial charge in [0.05, 0.1) is 0 Å². The second-order valence-electron chi connectivity index (χ2n) is 9.08. The Hall–Kier alpha value is -3.18. The number of thiophene rings is 1. The number of nitrogens with zero attached hydrogens (tertiary/aromatic N) is 2. The highest BCUT2D eigenvalue weighted by atomic mass is 32.1. The van der Waals surface area contributed by atoms with E-state index in [0.29, 0.717) is 6.04 Å². The van der Waals surface area contributed by atoms with Gasteiger partial charge in [-0.2, -0.15) is 11.3 Å². The Kier molecular flexibility index (Phi) is 5.90. The Morgan fingerprint density at radius 2 is 1.73 bits per heavy atom. The second kappa shape index (κ2) is 8.99. The van der Waals surface area contributed by atoms with Gasteiger partial charge in [-0.15, -0.1) is 0 Å². The van der Waals surface area contributed by atoms with Gasteiger partial charge in [0.15, 0.2) is 0 Å². The van der Waals surface area contributed by atoms with E-state index in [-0.39, 0.29) is 11.8 Å². The van der Waals surface area contributed by atoms with Crippen LogP contribution in [0.1, 0.15) is 47.8 Å².